The highest BCUT2D eigenvalue weighted by Crippen LogP contribution is 2.18. The van der Waals surface area contributed by atoms with Crippen molar-refractivity contribution in [1.82, 2.24) is 9.97 Å². The molecule has 0 spiro atoms. The largest absolute Gasteiger partial charge is 0.382 e. The molecule has 4 heteroatoms. The van der Waals surface area contributed by atoms with Gasteiger partial charge in [-0.2, -0.15) is 0 Å². The minimum Gasteiger partial charge on any atom is -0.382 e. The van der Waals surface area contributed by atoms with Crippen molar-refractivity contribution in [3.05, 3.63) is 24.0 Å². The summed E-state index contributed by atoms with van der Waals surface area (Å²) in [5.74, 6) is 0.955. The van der Waals surface area contributed by atoms with Gasteiger partial charge >= 0.3 is 0 Å². The van der Waals surface area contributed by atoms with Gasteiger partial charge in [-0.25, -0.2) is 4.98 Å². The zero-order valence-electron chi connectivity index (χ0n) is 9.99. The van der Waals surface area contributed by atoms with Crippen LogP contribution >= 0.6 is 0 Å². The smallest absolute Gasteiger partial charge is 0.104 e. The predicted octanol–water partition coefficient (Wildman–Crippen LogP) is 2.46. The molecule has 3 rings (SSSR count). The number of anilines is 1. The summed E-state index contributed by atoms with van der Waals surface area (Å²) in [5, 5.41) is 3.42. The van der Waals surface area contributed by atoms with E-state index in [0.717, 1.165) is 35.7 Å². The standard InChI is InChI=1S/C13H17N3O/c1-9-15-12-5-4-10(7-13(12)16-9)14-8-11-3-2-6-17-11/h4-5,7,11,14H,2-3,6,8H2,1H3,(H,15,16). The number of nitrogens with one attached hydrogen (secondary N) is 2. The molecule has 2 N–H and O–H groups in total. The van der Waals surface area contributed by atoms with Crippen LogP contribution in [-0.4, -0.2) is 29.2 Å². The van der Waals surface area contributed by atoms with Crippen LogP contribution in [-0.2, 0) is 4.74 Å². The number of rotatable bonds is 3. The summed E-state index contributed by atoms with van der Waals surface area (Å²) in [6.45, 7) is 3.77. The Labute approximate surface area is 100 Å². The minimum atomic E-state index is 0.370. The first-order chi connectivity index (χ1) is 8.31. The van der Waals surface area contributed by atoms with Crippen LogP contribution in [0.4, 0.5) is 5.69 Å². The molecular weight excluding hydrogens is 214 g/mol. The van der Waals surface area contributed by atoms with Crippen molar-refractivity contribution in [3.8, 4) is 0 Å². The fourth-order valence-electron chi connectivity index (χ4n) is 2.28. The Balaban J connectivity index is 1.71. The summed E-state index contributed by atoms with van der Waals surface area (Å²) in [6.07, 6.45) is 2.72. The lowest BCUT2D eigenvalue weighted by Crippen LogP contribution is -2.18. The van der Waals surface area contributed by atoms with Gasteiger partial charge in [-0.3, -0.25) is 0 Å². The topological polar surface area (TPSA) is 49.9 Å². The van der Waals surface area contributed by atoms with E-state index in [1.54, 1.807) is 0 Å². The Morgan fingerprint density at radius 3 is 3.29 bits per heavy atom. The molecule has 1 aliphatic rings. The molecule has 17 heavy (non-hydrogen) atoms. The van der Waals surface area contributed by atoms with Crippen LogP contribution in [0.5, 0.6) is 0 Å². The van der Waals surface area contributed by atoms with Crippen molar-refractivity contribution >= 4 is 16.7 Å². The van der Waals surface area contributed by atoms with Gasteiger partial charge in [0.25, 0.3) is 0 Å². The average Bonchev–Trinajstić information content (AvgIpc) is 2.92. The van der Waals surface area contributed by atoms with E-state index in [-0.39, 0.29) is 0 Å². The third-order valence-electron chi connectivity index (χ3n) is 3.16. The third-order valence-corrected chi connectivity index (χ3v) is 3.16. The lowest BCUT2D eigenvalue weighted by atomic mass is 10.2. The minimum absolute atomic E-state index is 0.370. The summed E-state index contributed by atoms with van der Waals surface area (Å²) in [7, 11) is 0. The lowest BCUT2D eigenvalue weighted by Gasteiger charge is -2.11. The molecule has 1 fully saturated rings. The van der Waals surface area contributed by atoms with E-state index in [1.165, 1.54) is 12.8 Å². The Hall–Kier alpha value is -1.55. The summed E-state index contributed by atoms with van der Waals surface area (Å²) in [4.78, 5) is 7.63. The number of hydrogen-bond acceptors (Lipinski definition) is 3. The van der Waals surface area contributed by atoms with E-state index in [4.69, 9.17) is 4.74 Å². The van der Waals surface area contributed by atoms with Gasteiger partial charge in [0.2, 0.25) is 0 Å². The molecule has 4 nitrogen and oxygen atoms in total. The number of ether oxygens (including phenoxy) is 1. The Bertz CT molecular complexity index is 514. The number of benzene rings is 1. The van der Waals surface area contributed by atoms with E-state index < -0.39 is 0 Å². The van der Waals surface area contributed by atoms with Crippen molar-refractivity contribution in [1.29, 1.82) is 0 Å². The molecule has 2 heterocycles. The van der Waals surface area contributed by atoms with E-state index in [9.17, 15) is 0 Å². The monoisotopic (exact) mass is 231 g/mol. The second-order valence-corrected chi connectivity index (χ2v) is 4.57. The highest BCUT2D eigenvalue weighted by atomic mass is 16.5. The number of imidazole rings is 1. The molecular formula is C13H17N3O. The molecule has 1 atom stereocenters. The molecule has 0 saturated carbocycles. The van der Waals surface area contributed by atoms with E-state index in [2.05, 4.69) is 27.4 Å². The van der Waals surface area contributed by atoms with Crippen LogP contribution in [0.25, 0.3) is 11.0 Å². The molecule has 0 bridgehead atoms. The summed E-state index contributed by atoms with van der Waals surface area (Å²) in [5.41, 5.74) is 3.22. The molecule has 0 radical (unpaired) electrons. The molecule has 1 aliphatic heterocycles. The number of H-pyrrole nitrogens is 1. The number of nitrogens with zero attached hydrogens (tertiary/aromatic N) is 1. The molecule has 1 aromatic carbocycles. The van der Waals surface area contributed by atoms with Crippen molar-refractivity contribution in [2.24, 2.45) is 0 Å². The van der Waals surface area contributed by atoms with Gasteiger partial charge in [0, 0.05) is 18.8 Å². The second-order valence-electron chi connectivity index (χ2n) is 4.57. The maximum absolute atomic E-state index is 5.58. The van der Waals surface area contributed by atoms with Gasteiger partial charge in [0.05, 0.1) is 17.1 Å². The number of hydrogen-bond donors (Lipinski definition) is 2. The van der Waals surface area contributed by atoms with Crippen LogP contribution in [0.2, 0.25) is 0 Å². The molecule has 2 aromatic rings. The Kier molecular flexibility index (Phi) is 2.73. The van der Waals surface area contributed by atoms with Crippen LogP contribution in [0.15, 0.2) is 18.2 Å². The molecule has 1 aromatic heterocycles. The van der Waals surface area contributed by atoms with Crippen LogP contribution < -0.4 is 5.32 Å². The zero-order valence-corrected chi connectivity index (χ0v) is 9.99. The summed E-state index contributed by atoms with van der Waals surface area (Å²) < 4.78 is 5.58. The second kappa shape index (κ2) is 4.37. The van der Waals surface area contributed by atoms with Crippen molar-refractivity contribution in [2.75, 3.05) is 18.5 Å². The number of fused-ring (bicyclic) bond motifs is 1. The first-order valence-electron chi connectivity index (χ1n) is 6.13. The maximum Gasteiger partial charge on any atom is 0.104 e. The van der Waals surface area contributed by atoms with Crippen LogP contribution in [0.1, 0.15) is 18.7 Å². The zero-order chi connectivity index (χ0) is 11.7. The van der Waals surface area contributed by atoms with Crippen LogP contribution in [0.3, 0.4) is 0 Å². The SMILES string of the molecule is Cc1nc2ccc(NCC3CCCO3)cc2[nH]1. The fraction of sp³-hybridized carbons (Fsp3) is 0.462. The normalized spacial score (nSPS) is 19.9. The lowest BCUT2D eigenvalue weighted by molar-refractivity contribution is 0.120. The van der Waals surface area contributed by atoms with Gasteiger partial charge in [0.1, 0.15) is 5.82 Å². The van der Waals surface area contributed by atoms with Gasteiger partial charge in [-0.15, -0.1) is 0 Å². The number of aromatic amines is 1. The average molecular weight is 231 g/mol. The van der Waals surface area contributed by atoms with Crippen molar-refractivity contribution < 1.29 is 4.74 Å². The van der Waals surface area contributed by atoms with Crippen molar-refractivity contribution in [3.63, 3.8) is 0 Å². The highest BCUT2D eigenvalue weighted by Gasteiger charge is 2.14. The molecule has 1 unspecified atom stereocenters. The predicted molar refractivity (Wildman–Crippen MR) is 68.3 cm³/mol. The molecule has 0 aliphatic carbocycles. The van der Waals surface area contributed by atoms with Crippen LogP contribution in [0, 0.1) is 6.92 Å². The first-order valence-corrected chi connectivity index (χ1v) is 6.13. The van der Waals surface area contributed by atoms with Gasteiger partial charge in [0.15, 0.2) is 0 Å². The fourth-order valence-corrected chi connectivity index (χ4v) is 2.28. The highest BCUT2D eigenvalue weighted by molar-refractivity contribution is 5.79. The summed E-state index contributed by atoms with van der Waals surface area (Å²) >= 11 is 0. The van der Waals surface area contributed by atoms with E-state index in [0.29, 0.717) is 6.10 Å². The third kappa shape index (κ3) is 2.26. The van der Waals surface area contributed by atoms with E-state index >= 15 is 0 Å². The summed E-state index contributed by atoms with van der Waals surface area (Å²) in [6, 6.07) is 6.21. The van der Waals surface area contributed by atoms with Gasteiger partial charge in [-0.05, 0) is 38.0 Å². The quantitative estimate of drug-likeness (QED) is 0.853. The first kappa shape index (κ1) is 10.6. The van der Waals surface area contributed by atoms with E-state index in [1.807, 2.05) is 13.0 Å². The van der Waals surface area contributed by atoms with Crippen molar-refractivity contribution in [2.45, 2.75) is 25.9 Å². The molecule has 0 amide bonds. The Morgan fingerprint density at radius 1 is 1.53 bits per heavy atom. The maximum atomic E-state index is 5.58. The molecule has 90 valence electrons. The van der Waals surface area contributed by atoms with Gasteiger partial charge in [-0.1, -0.05) is 0 Å². The number of aromatic nitrogens is 2. The molecule has 1 saturated heterocycles. The number of aryl methyl sites for hydroxylation is 1. The Morgan fingerprint density at radius 2 is 2.47 bits per heavy atom. The van der Waals surface area contributed by atoms with Gasteiger partial charge < -0.3 is 15.0 Å².